The number of fused-ring (bicyclic) bond motifs is 2. The van der Waals surface area contributed by atoms with Gasteiger partial charge >= 0.3 is 5.63 Å². The Morgan fingerprint density at radius 2 is 1.57 bits per heavy atom. The van der Waals surface area contributed by atoms with Crippen LogP contribution >= 0.6 is 0 Å². The van der Waals surface area contributed by atoms with Crippen molar-refractivity contribution in [1.82, 2.24) is 9.80 Å². The molecule has 1 aromatic heterocycles. The highest BCUT2D eigenvalue weighted by Crippen LogP contribution is 2.40. The summed E-state index contributed by atoms with van der Waals surface area (Å²) in [4.78, 5) is 61.9. The van der Waals surface area contributed by atoms with Gasteiger partial charge in [0.1, 0.15) is 23.2 Å². The predicted molar refractivity (Wildman–Crippen MR) is 170 cm³/mol. The number of benzene rings is 2. The van der Waals surface area contributed by atoms with E-state index in [1.165, 1.54) is 16.2 Å². The number of hydrogen-bond donors (Lipinski definition) is 1. The van der Waals surface area contributed by atoms with Crippen molar-refractivity contribution in [2.45, 2.75) is 63.5 Å². The Hall–Kier alpha value is -4.34. The van der Waals surface area contributed by atoms with Gasteiger partial charge in [-0.15, -0.1) is 0 Å². The van der Waals surface area contributed by atoms with E-state index in [0.29, 0.717) is 50.0 Å². The molecule has 0 spiro atoms. The van der Waals surface area contributed by atoms with E-state index in [4.69, 9.17) is 4.42 Å². The van der Waals surface area contributed by atoms with Crippen LogP contribution in [0.3, 0.4) is 0 Å². The van der Waals surface area contributed by atoms with E-state index in [2.05, 4.69) is 16.3 Å². The van der Waals surface area contributed by atoms with Crippen molar-refractivity contribution >= 4 is 45.8 Å². The maximum Gasteiger partial charge on any atom is 0.349 e. The van der Waals surface area contributed by atoms with Gasteiger partial charge in [-0.25, -0.2) is 4.79 Å². The zero-order valence-corrected chi connectivity index (χ0v) is 25.4. The van der Waals surface area contributed by atoms with Gasteiger partial charge in [0.05, 0.1) is 0 Å². The molecule has 2 unspecified atom stereocenters. The molecular weight excluding hydrogens is 558 g/mol. The summed E-state index contributed by atoms with van der Waals surface area (Å²) in [6, 6.07) is 9.96. The lowest BCUT2D eigenvalue weighted by atomic mass is 9.90. The summed E-state index contributed by atoms with van der Waals surface area (Å²) in [7, 11) is 3.91. The monoisotopic (exact) mass is 597 g/mol. The van der Waals surface area contributed by atoms with Gasteiger partial charge in [-0.1, -0.05) is 0 Å². The molecule has 2 saturated heterocycles. The molecular formula is C34H39N5O5. The van der Waals surface area contributed by atoms with Gasteiger partial charge in [0.2, 0.25) is 11.8 Å². The number of likely N-dealkylation sites (tertiary alicyclic amines) is 2. The lowest BCUT2D eigenvalue weighted by molar-refractivity contribution is -0.139. The number of aryl methyl sites for hydroxylation is 2. The quantitative estimate of drug-likeness (QED) is 0.446. The first-order valence-electron chi connectivity index (χ1n) is 15.9. The molecule has 230 valence electrons. The van der Waals surface area contributed by atoms with Gasteiger partial charge < -0.3 is 29.3 Å². The second kappa shape index (κ2) is 11.3. The summed E-state index contributed by atoms with van der Waals surface area (Å²) >= 11 is 0. The van der Waals surface area contributed by atoms with Crippen molar-refractivity contribution in [2.24, 2.45) is 0 Å². The fraction of sp³-hybridized carbons (Fsp3) is 0.471. The van der Waals surface area contributed by atoms with Crippen LogP contribution in [0.25, 0.3) is 11.0 Å². The van der Waals surface area contributed by atoms with Crippen LogP contribution in [0.4, 0.5) is 17.1 Å². The molecule has 0 saturated carbocycles. The first kappa shape index (κ1) is 28.4. The summed E-state index contributed by atoms with van der Waals surface area (Å²) in [5.41, 5.74) is 5.09. The van der Waals surface area contributed by atoms with Crippen molar-refractivity contribution in [3.05, 3.63) is 63.5 Å². The second-order valence-corrected chi connectivity index (χ2v) is 12.7. The van der Waals surface area contributed by atoms with E-state index in [1.807, 2.05) is 43.3 Å². The van der Waals surface area contributed by atoms with Crippen LogP contribution < -0.4 is 20.7 Å². The summed E-state index contributed by atoms with van der Waals surface area (Å²) < 4.78 is 5.88. The topological polar surface area (TPSA) is 106 Å². The SMILES string of the molecule is CN(C)c1ccc(NC(=O)C2CCCN2C(=O)C2CCCN2C(=O)c2cc3cc4c5c(c3oc2=O)CCCN5CCC4)cc1. The number of carbonyl (C=O) groups excluding carboxylic acids is 3. The van der Waals surface area contributed by atoms with Crippen molar-refractivity contribution in [2.75, 3.05) is 55.4 Å². The van der Waals surface area contributed by atoms with Gasteiger partial charge in [0.15, 0.2) is 0 Å². The van der Waals surface area contributed by atoms with Gasteiger partial charge in [-0.05, 0) is 93.3 Å². The molecule has 1 N–H and O–H groups in total. The van der Waals surface area contributed by atoms with E-state index in [0.717, 1.165) is 55.4 Å². The highest BCUT2D eigenvalue weighted by Gasteiger charge is 2.43. The van der Waals surface area contributed by atoms with Crippen LogP contribution in [0.15, 0.2) is 45.6 Å². The lowest BCUT2D eigenvalue weighted by Crippen LogP contribution is -2.52. The van der Waals surface area contributed by atoms with Crippen LogP contribution in [-0.4, -0.2) is 79.9 Å². The van der Waals surface area contributed by atoms with Crippen molar-refractivity contribution < 1.29 is 18.8 Å². The average molecular weight is 598 g/mol. The highest BCUT2D eigenvalue weighted by atomic mass is 16.4. The summed E-state index contributed by atoms with van der Waals surface area (Å²) in [5, 5.41) is 3.73. The highest BCUT2D eigenvalue weighted by molar-refractivity contribution is 6.02. The number of anilines is 3. The standard InChI is InChI=1S/C34H39N5O5/c1-36(2)24-13-11-23(12-14-24)35-31(40)27-9-5-17-38(27)33(42)28-10-6-18-39(28)32(41)26-20-22-19-21-7-3-15-37-16-4-8-25(29(21)37)30(22)44-34(26)43/h11-14,19-20,27-28H,3-10,15-18H2,1-2H3,(H,35,40). The first-order chi connectivity index (χ1) is 21.3. The second-order valence-electron chi connectivity index (χ2n) is 12.7. The van der Waals surface area contributed by atoms with Crippen molar-refractivity contribution in [1.29, 1.82) is 0 Å². The number of nitrogens with zero attached hydrogens (tertiary/aromatic N) is 4. The minimum Gasteiger partial charge on any atom is -0.422 e. The lowest BCUT2D eigenvalue weighted by Gasteiger charge is -2.37. The molecule has 3 amide bonds. The van der Waals surface area contributed by atoms with Crippen molar-refractivity contribution in [3.63, 3.8) is 0 Å². The smallest absolute Gasteiger partial charge is 0.349 e. The van der Waals surface area contributed by atoms with E-state index in [1.54, 1.807) is 11.0 Å². The number of amides is 3. The number of hydrogen-bond acceptors (Lipinski definition) is 7. The fourth-order valence-corrected chi connectivity index (χ4v) is 7.58. The maximum atomic E-state index is 13.9. The first-order valence-corrected chi connectivity index (χ1v) is 15.9. The van der Waals surface area contributed by atoms with Crippen LogP contribution in [0, 0.1) is 0 Å². The van der Waals surface area contributed by atoms with Crippen LogP contribution in [0.1, 0.15) is 60.0 Å². The number of rotatable bonds is 5. The van der Waals surface area contributed by atoms with Crippen LogP contribution in [-0.2, 0) is 22.4 Å². The third-order valence-corrected chi connectivity index (χ3v) is 9.73. The molecule has 2 aromatic carbocycles. The molecule has 10 heteroatoms. The molecule has 5 heterocycles. The van der Waals surface area contributed by atoms with Gasteiger partial charge in [-0.3, -0.25) is 14.4 Å². The Balaban J connectivity index is 1.11. The molecule has 4 aliphatic rings. The summed E-state index contributed by atoms with van der Waals surface area (Å²) in [6.07, 6.45) is 6.31. The number of nitrogens with one attached hydrogen (secondary N) is 1. The third-order valence-electron chi connectivity index (χ3n) is 9.73. The van der Waals surface area contributed by atoms with Crippen LogP contribution in [0.2, 0.25) is 0 Å². The zero-order chi connectivity index (χ0) is 30.5. The Morgan fingerprint density at radius 3 is 2.32 bits per heavy atom. The molecule has 2 fully saturated rings. The Bertz CT molecular complexity index is 1690. The third kappa shape index (κ3) is 4.90. The Kier molecular flexibility index (Phi) is 7.30. The predicted octanol–water partition coefficient (Wildman–Crippen LogP) is 3.79. The van der Waals surface area contributed by atoms with Crippen molar-refractivity contribution in [3.8, 4) is 0 Å². The van der Waals surface area contributed by atoms with E-state index >= 15 is 0 Å². The molecule has 0 aliphatic carbocycles. The molecule has 2 atom stereocenters. The van der Waals surface area contributed by atoms with E-state index < -0.39 is 23.6 Å². The van der Waals surface area contributed by atoms with Gasteiger partial charge in [0.25, 0.3) is 5.91 Å². The molecule has 4 aliphatic heterocycles. The fourth-order valence-electron chi connectivity index (χ4n) is 7.58. The molecule has 3 aromatic rings. The average Bonchev–Trinajstić information content (AvgIpc) is 3.72. The van der Waals surface area contributed by atoms with E-state index in [9.17, 15) is 19.2 Å². The largest absolute Gasteiger partial charge is 0.422 e. The minimum absolute atomic E-state index is 0.0373. The van der Waals surface area contributed by atoms with Gasteiger partial charge in [-0.2, -0.15) is 0 Å². The maximum absolute atomic E-state index is 13.9. The molecule has 10 nitrogen and oxygen atoms in total. The summed E-state index contributed by atoms with van der Waals surface area (Å²) in [5.74, 6) is -0.948. The minimum atomic E-state index is -0.719. The number of carbonyl (C=O) groups is 3. The molecule has 0 radical (unpaired) electrons. The Morgan fingerprint density at radius 1 is 0.864 bits per heavy atom. The molecule has 44 heavy (non-hydrogen) atoms. The Labute approximate surface area is 256 Å². The normalized spacial score (nSPS) is 21.0. The zero-order valence-electron chi connectivity index (χ0n) is 25.4. The molecule has 0 bridgehead atoms. The summed E-state index contributed by atoms with van der Waals surface area (Å²) in [6.45, 7) is 2.86. The van der Waals surface area contributed by atoms with E-state index in [-0.39, 0.29) is 17.4 Å². The molecule has 7 rings (SSSR count). The van der Waals surface area contributed by atoms with Crippen LogP contribution in [0.5, 0.6) is 0 Å². The van der Waals surface area contributed by atoms with Gasteiger partial charge in [0, 0.05) is 68.3 Å².